The van der Waals surface area contributed by atoms with Gasteiger partial charge >= 0.3 is 6.09 Å². The summed E-state index contributed by atoms with van der Waals surface area (Å²) in [5.74, 6) is 5.23. The number of aliphatic hydroxyl groups excluding tert-OH is 1. The first-order valence-electron chi connectivity index (χ1n) is 4.31. The van der Waals surface area contributed by atoms with E-state index in [0.717, 1.165) is 0 Å². The lowest BCUT2D eigenvalue weighted by Crippen LogP contribution is -2.11. The monoisotopic (exact) mass is 205 g/mol. The van der Waals surface area contributed by atoms with Gasteiger partial charge in [-0.2, -0.15) is 0 Å². The summed E-state index contributed by atoms with van der Waals surface area (Å²) >= 11 is 0. The van der Waals surface area contributed by atoms with E-state index in [-0.39, 0.29) is 6.61 Å². The maximum Gasteiger partial charge on any atom is 0.411 e. The predicted octanol–water partition coefficient (Wildman–Crippen LogP) is 1.21. The number of rotatable bonds is 1. The number of ether oxygens (including phenoxy) is 1. The normalized spacial score (nSPS) is 8.67. The van der Waals surface area contributed by atoms with Gasteiger partial charge in [0.1, 0.15) is 6.61 Å². The van der Waals surface area contributed by atoms with E-state index in [1.165, 1.54) is 7.11 Å². The Kier molecular flexibility index (Phi) is 4.20. The van der Waals surface area contributed by atoms with Crippen LogP contribution in [0.5, 0.6) is 0 Å². The highest BCUT2D eigenvalue weighted by atomic mass is 16.5. The van der Waals surface area contributed by atoms with E-state index in [9.17, 15) is 4.79 Å². The summed E-state index contributed by atoms with van der Waals surface area (Å²) in [5, 5.41) is 11.1. The number of benzene rings is 1. The molecule has 1 aromatic rings. The van der Waals surface area contributed by atoms with Crippen LogP contribution in [0.3, 0.4) is 0 Å². The molecule has 1 aromatic carbocycles. The van der Waals surface area contributed by atoms with E-state index in [0.29, 0.717) is 11.3 Å². The zero-order valence-corrected chi connectivity index (χ0v) is 8.28. The molecule has 4 heteroatoms. The molecule has 0 heterocycles. The first-order chi connectivity index (χ1) is 7.27. The minimum Gasteiger partial charge on any atom is -0.453 e. The summed E-state index contributed by atoms with van der Waals surface area (Å²) in [6.07, 6.45) is -0.548. The van der Waals surface area contributed by atoms with Crippen molar-refractivity contribution in [3.05, 3.63) is 29.8 Å². The lowest BCUT2D eigenvalue weighted by molar-refractivity contribution is 0.187. The Morgan fingerprint density at radius 1 is 1.53 bits per heavy atom. The van der Waals surface area contributed by atoms with Gasteiger partial charge in [0, 0.05) is 5.56 Å². The molecule has 1 amide bonds. The van der Waals surface area contributed by atoms with Gasteiger partial charge in [-0.1, -0.05) is 24.0 Å². The minimum absolute atomic E-state index is 0.216. The third-order valence-electron chi connectivity index (χ3n) is 1.65. The van der Waals surface area contributed by atoms with E-state index in [2.05, 4.69) is 21.9 Å². The van der Waals surface area contributed by atoms with Gasteiger partial charge in [0.25, 0.3) is 0 Å². The van der Waals surface area contributed by atoms with Gasteiger partial charge in [0.15, 0.2) is 0 Å². The van der Waals surface area contributed by atoms with E-state index in [1.54, 1.807) is 24.3 Å². The first-order valence-corrected chi connectivity index (χ1v) is 4.31. The lowest BCUT2D eigenvalue weighted by Gasteiger charge is -2.05. The molecule has 0 unspecified atom stereocenters. The van der Waals surface area contributed by atoms with Gasteiger partial charge in [0.05, 0.1) is 12.8 Å². The third kappa shape index (κ3) is 3.33. The number of carbonyl (C=O) groups excluding carboxylic acids is 1. The average Bonchev–Trinajstić information content (AvgIpc) is 2.28. The number of para-hydroxylation sites is 1. The van der Waals surface area contributed by atoms with E-state index in [4.69, 9.17) is 5.11 Å². The fraction of sp³-hybridized carbons (Fsp3) is 0.182. The number of amides is 1. The van der Waals surface area contributed by atoms with Crippen molar-refractivity contribution >= 4 is 11.8 Å². The Balaban J connectivity index is 2.91. The van der Waals surface area contributed by atoms with Crippen molar-refractivity contribution < 1.29 is 14.6 Å². The topological polar surface area (TPSA) is 58.6 Å². The van der Waals surface area contributed by atoms with Gasteiger partial charge in [-0.25, -0.2) is 4.79 Å². The summed E-state index contributed by atoms with van der Waals surface area (Å²) in [6, 6.07) is 7.02. The van der Waals surface area contributed by atoms with Crippen molar-refractivity contribution in [1.82, 2.24) is 0 Å². The molecule has 1 rings (SSSR count). The molecule has 2 N–H and O–H groups in total. The summed E-state index contributed by atoms with van der Waals surface area (Å²) in [5.41, 5.74) is 1.20. The van der Waals surface area contributed by atoms with Crippen LogP contribution in [0.4, 0.5) is 10.5 Å². The zero-order valence-electron chi connectivity index (χ0n) is 8.28. The summed E-state index contributed by atoms with van der Waals surface area (Å²) in [6.45, 7) is -0.216. The largest absolute Gasteiger partial charge is 0.453 e. The second-order valence-electron chi connectivity index (χ2n) is 2.62. The molecule has 0 aliphatic heterocycles. The van der Waals surface area contributed by atoms with Crippen molar-refractivity contribution in [2.24, 2.45) is 0 Å². The molecule has 4 nitrogen and oxygen atoms in total. The average molecular weight is 205 g/mol. The Morgan fingerprint density at radius 3 is 2.93 bits per heavy atom. The van der Waals surface area contributed by atoms with Gasteiger partial charge in [0.2, 0.25) is 0 Å². The highest BCUT2D eigenvalue weighted by molar-refractivity contribution is 5.86. The number of methoxy groups -OCH3 is 1. The van der Waals surface area contributed by atoms with Crippen LogP contribution in [-0.4, -0.2) is 24.9 Å². The smallest absolute Gasteiger partial charge is 0.411 e. The second-order valence-corrected chi connectivity index (χ2v) is 2.62. The SMILES string of the molecule is COC(=O)Nc1ccccc1C#CCO. The molecule has 0 saturated carbocycles. The standard InChI is InChI=1S/C11H11NO3/c1-15-11(14)12-10-7-3-2-5-9(10)6-4-8-13/h2-3,5,7,13H,8H2,1H3,(H,12,14). The van der Waals surface area contributed by atoms with E-state index < -0.39 is 6.09 Å². The molecule has 0 saturated heterocycles. The summed E-state index contributed by atoms with van der Waals surface area (Å²) in [7, 11) is 1.29. The quantitative estimate of drug-likeness (QED) is 0.677. The number of nitrogens with one attached hydrogen (secondary N) is 1. The molecular weight excluding hydrogens is 194 g/mol. The van der Waals surface area contributed by atoms with Crippen LogP contribution in [0, 0.1) is 11.8 Å². The van der Waals surface area contributed by atoms with Gasteiger partial charge < -0.3 is 9.84 Å². The molecule has 0 spiro atoms. The molecule has 15 heavy (non-hydrogen) atoms. The van der Waals surface area contributed by atoms with Crippen LogP contribution in [0.1, 0.15) is 5.56 Å². The van der Waals surface area contributed by atoms with Crippen LogP contribution in [0.15, 0.2) is 24.3 Å². The summed E-state index contributed by atoms with van der Waals surface area (Å²) in [4.78, 5) is 11.0. The Labute approximate surface area is 87.9 Å². The number of hydrogen-bond acceptors (Lipinski definition) is 3. The van der Waals surface area contributed by atoms with Crippen LogP contribution in [0.2, 0.25) is 0 Å². The highest BCUT2D eigenvalue weighted by Crippen LogP contribution is 2.13. The maximum absolute atomic E-state index is 11.0. The van der Waals surface area contributed by atoms with Gasteiger partial charge in [-0.05, 0) is 12.1 Å². The Morgan fingerprint density at radius 2 is 2.27 bits per heavy atom. The third-order valence-corrected chi connectivity index (χ3v) is 1.65. The predicted molar refractivity (Wildman–Crippen MR) is 56.4 cm³/mol. The number of carbonyl (C=O) groups is 1. The summed E-state index contributed by atoms with van der Waals surface area (Å²) < 4.78 is 4.47. The van der Waals surface area contributed by atoms with Crippen LogP contribution >= 0.6 is 0 Å². The van der Waals surface area contributed by atoms with Crippen molar-refractivity contribution in [3.63, 3.8) is 0 Å². The molecule has 0 aliphatic rings. The number of aliphatic hydroxyl groups is 1. The zero-order chi connectivity index (χ0) is 11.1. The Hall–Kier alpha value is -1.99. The molecule has 0 radical (unpaired) electrons. The second kappa shape index (κ2) is 5.68. The van der Waals surface area contributed by atoms with Crippen LogP contribution in [0.25, 0.3) is 0 Å². The van der Waals surface area contributed by atoms with Crippen LogP contribution < -0.4 is 5.32 Å². The molecular formula is C11H11NO3. The molecule has 78 valence electrons. The number of hydrogen-bond donors (Lipinski definition) is 2. The minimum atomic E-state index is -0.548. The van der Waals surface area contributed by atoms with Gasteiger partial charge in [-0.3, -0.25) is 5.32 Å². The van der Waals surface area contributed by atoms with Gasteiger partial charge in [-0.15, -0.1) is 0 Å². The Bertz CT molecular complexity index is 404. The molecule has 0 atom stereocenters. The highest BCUT2D eigenvalue weighted by Gasteiger charge is 2.03. The van der Waals surface area contributed by atoms with Crippen molar-refractivity contribution in [2.45, 2.75) is 0 Å². The van der Waals surface area contributed by atoms with Crippen molar-refractivity contribution in [3.8, 4) is 11.8 Å². The first kappa shape index (κ1) is 11.1. The van der Waals surface area contributed by atoms with E-state index >= 15 is 0 Å². The van der Waals surface area contributed by atoms with E-state index in [1.807, 2.05) is 0 Å². The fourth-order valence-corrected chi connectivity index (χ4v) is 0.997. The number of anilines is 1. The van der Waals surface area contributed by atoms with Crippen molar-refractivity contribution in [1.29, 1.82) is 0 Å². The molecule has 0 fully saturated rings. The molecule has 0 bridgehead atoms. The fourth-order valence-electron chi connectivity index (χ4n) is 0.997. The lowest BCUT2D eigenvalue weighted by atomic mass is 10.2. The van der Waals surface area contributed by atoms with Crippen molar-refractivity contribution in [2.75, 3.05) is 19.0 Å². The van der Waals surface area contributed by atoms with Crippen LogP contribution in [-0.2, 0) is 4.74 Å². The maximum atomic E-state index is 11.0. The molecule has 0 aromatic heterocycles. The molecule has 0 aliphatic carbocycles.